The Balaban J connectivity index is 1.88. The lowest BCUT2D eigenvalue weighted by Gasteiger charge is -2.12. The summed E-state index contributed by atoms with van der Waals surface area (Å²) < 4.78 is 7.72. The van der Waals surface area contributed by atoms with Crippen LogP contribution in [0.1, 0.15) is 19.3 Å². The molecular weight excluding hydrogens is 222 g/mol. The maximum absolute atomic E-state index is 8.48. The van der Waals surface area contributed by atoms with Gasteiger partial charge in [-0.1, -0.05) is 11.8 Å². The van der Waals surface area contributed by atoms with Gasteiger partial charge in [-0.3, -0.25) is 0 Å². The van der Waals surface area contributed by atoms with E-state index < -0.39 is 0 Å². The molecule has 16 heavy (non-hydrogen) atoms. The molecule has 2 rings (SSSR count). The minimum atomic E-state index is 0.338. The molecule has 0 bridgehead atoms. The van der Waals surface area contributed by atoms with Crippen molar-refractivity contribution in [2.24, 2.45) is 0 Å². The molecule has 1 aliphatic rings. The predicted octanol–water partition coefficient (Wildman–Crippen LogP) is 2.07. The SMILES string of the molecule is N#CCCSc1nccn1CC1CCCO1. The lowest BCUT2D eigenvalue weighted by Crippen LogP contribution is -2.15. The van der Waals surface area contributed by atoms with Gasteiger partial charge in [0.15, 0.2) is 5.16 Å². The van der Waals surface area contributed by atoms with Crippen molar-refractivity contribution in [3.63, 3.8) is 0 Å². The van der Waals surface area contributed by atoms with Gasteiger partial charge in [-0.15, -0.1) is 0 Å². The summed E-state index contributed by atoms with van der Waals surface area (Å²) in [5.41, 5.74) is 0. The molecule has 1 atom stereocenters. The van der Waals surface area contributed by atoms with Gasteiger partial charge in [0, 0.05) is 31.2 Å². The van der Waals surface area contributed by atoms with Gasteiger partial charge in [-0.25, -0.2) is 4.98 Å². The third-order valence-electron chi connectivity index (χ3n) is 2.55. The first-order chi connectivity index (χ1) is 7.90. The van der Waals surface area contributed by atoms with E-state index in [4.69, 9.17) is 10.00 Å². The van der Waals surface area contributed by atoms with Gasteiger partial charge < -0.3 is 9.30 Å². The van der Waals surface area contributed by atoms with Gasteiger partial charge >= 0.3 is 0 Å². The number of aromatic nitrogens is 2. The van der Waals surface area contributed by atoms with Crippen LogP contribution in [0.5, 0.6) is 0 Å². The van der Waals surface area contributed by atoms with Crippen LogP contribution in [0.4, 0.5) is 0 Å². The van der Waals surface area contributed by atoms with Crippen LogP contribution in [0, 0.1) is 11.3 Å². The Bertz CT molecular complexity index is 366. The maximum atomic E-state index is 8.48. The highest BCUT2D eigenvalue weighted by Crippen LogP contribution is 2.20. The van der Waals surface area contributed by atoms with Crippen molar-refractivity contribution >= 4 is 11.8 Å². The molecule has 1 aromatic rings. The van der Waals surface area contributed by atoms with Crippen LogP contribution in [-0.4, -0.2) is 28.0 Å². The fourth-order valence-corrected chi connectivity index (χ4v) is 2.58. The molecule has 1 aliphatic heterocycles. The first-order valence-electron chi connectivity index (χ1n) is 5.52. The van der Waals surface area contributed by atoms with Gasteiger partial charge in [0.1, 0.15) is 0 Å². The lowest BCUT2D eigenvalue weighted by molar-refractivity contribution is 0.0950. The highest BCUT2D eigenvalue weighted by Gasteiger charge is 2.17. The van der Waals surface area contributed by atoms with Crippen molar-refractivity contribution < 1.29 is 4.74 Å². The number of nitrogens with zero attached hydrogens (tertiary/aromatic N) is 3. The van der Waals surface area contributed by atoms with E-state index in [9.17, 15) is 0 Å². The van der Waals surface area contributed by atoms with E-state index in [2.05, 4.69) is 15.6 Å². The van der Waals surface area contributed by atoms with Crippen LogP contribution >= 0.6 is 11.8 Å². The number of imidazole rings is 1. The molecule has 2 heterocycles. The zero-order valence-corrected chi connectivity index (χ0v) is 9.95. The van der Waals surface area contributed by atoms with Crippen molar-refractivity contribution in [2.75, 3.05) is 12.4 Å². The zero-order valence-electron chi connectivity index (χ0n) is 9.13. The molecule has 4 nitrogen and oxygen atoms in total. The van der Waals surface area contributed by atoms with Crippen LogP contribution in [0.15, 0.2) is 17.6 Å². The van der Waals surface area contributed by atoms with Gasteiger partial charge in [0.25, 0.3) is 0 Å². The van der Waals surface area contributed by atoms with E-state index >= 15 is 0 Å². The minimum absolute atomic E-state index is 0.338. The molecule has 1 saturated heterocycles. The molecule has 0 saturated carbocycles. The standard InChI is InChI=1S/C11H15N3OS/c12-4-2-8-16-11-13-5-6-14(11)9-10-3-1-7-15-10/h5-6,10H,1-3,7-9H2. The first-order valence-corrected chi connectivity index (χ1v) is 6.51. The maximum Gasteiger partial charge on any atom is 0.168 e. The molecule has 1 unspecified atom stereocenters. The number of hydrogen-bond acceptors (Lipinski definition) is 4. The number of rotatable bonds is 5. The predicted molar refractivity (Wildman–Crippen MR) is 62.2 cm³/mol. The Morgan fingerprint density at radius 1 is 1.69 bits per heavy atom. The van der Waals surface area contributed by atoms with Crippen LogP contribution < -0.4 is 0 Å². The third kappa shape index (κ3) is 3.00. The molecule has 0 N–H and O–H groups in total. The molecule has 0 radical (unpaired) electrons. The second kappa shape index (κ2) is 5.92. The number of nitriles is 1. The summed E-state index contributed by atoms with van der Waals surface area (Å²) in [5.74, 6) is 0.805. The molecule has 5 heteroatoms. The van der Waals surface area contributed by atoms with Gasteiger partial charge in [0.05, 0.1) is 18.7 Å². The molecular formula is C11H15N3OS. The summed E-state index contributed by atoms with van der Waals surface area (Å²) in [7, 11) is 0. The average molecular weight is 237 g/mol. The van der Waals surface area contributed by atoms with E-state index in [1.807, 2.05) is 12.4 Å². The summed E-state index contributed by atoms with van der Waals surface area (Å²) in [6.45, 7) is 1.77. The van der Waals surface area contributed by atoms with Crippen molar-refractivity contribution in [3.05, 3.63) is 12.4 Å². The Kier molecular flexibility index (Phi) is 4.25. The second-order valence-corrected chi connectivity index (χ2v) is 4.82. The topological polar surface area (TPSA) is 50.8 Å². The number of thioether (sulfide) groups is 1. The van der Waals surface area contributed by atoms with Crippen molar-refractivity contribution in [1.82, 2.24) is 9.55 Å². The summed E-state index contributed by atoms with van der Waals surface area (Å²) in [6.07, 6.45) is 7.00. The largest absolute Gasteiger partial charge is 0.376 e. The quantitative estimate of drug-likeness (QED) is 0.581. The summed E-state index contributed by atoms with van der Waals surface area (Å²) >= 11 is 1.64. The van der Waals surface area contributed by atoms with Crippen LogP contribution in [0.2, 0.25) is 0 Å². The molecule has 0 aliphatic carbocycles. The van der Waals surface area contributed by atoms with E-state index in [1.165, 1.54) is 0 Å². The van der Waals surface area contributed by atoms with Crippen molar-refractivity contribution in [2.45, 2.75) is 37.1 Å². The van der Waals surface area contributed by atoms with Crippen LogP contribution in [0.25, 0.3) is 0 Å². The summed E-state index contributed by atoms with van der Waals surface area (Å²) in [4.78, 5) is 4.29. The van der Waals surface area contributed by atoms with E-state index in [1.54, 1.807) is 11.8 Å². The summed E-state index contributed by atoms with van der Waals surface area (Å²) in [6, 6.07) is 2.14. The number of hydrogen-bond donors (Lipinski definition) is 0. The normalized spacial score (nSPS) is 19.8. The van der Waals surface area contributed by atoms with Crippen LogP contribution in [-0.2, 0) is 11.3 Å². The highest BCUT2D eigenvalue weighted by atomic mass is 32.2. The van der Waals surface area contributed by atoms with Gasteiger partial charge in [-0.2, -0.15) is 5.26 Å². The number of ether oxygens (including phenoxy) is 1. The Morgan fingerprint density at radius 3 is 3.38 bits per heavy atom. The average Bonchev–Trinajstić information content (AvgIpc) is 2.92. The molecule has 0 aromatic carbocycles. The minimum Gasteiger partial charge on any atom is -0.376 e. The van der Waals surface area contributed by atoms with Gasteiger partial charge in [0.2, 0.25) is 0 Å². The molecule has 0 amide bonds. The Morgan fingerprint density at radius 2 is 2.62 bits per heavy atom. The Labute approximate surface area is 99.6 Å². The second-order valence-electron chi connectivity index (χ2n) is 3.75. The monoisotopic (exact) mass is 237 g/mol. The lowest BCUT2D eigenvalue weighted by atomic mass is 10.2. The zero-order chi connectivity index (χ0) is 11.2. The fourth-order valence-electron chi connectivity index (χ4n) is 1.77. The van der Waals surface area contributed by atoms with Gasteiger partial charge in [-0.05, 0) is 12.8 Å². The molecule has 0 spiro atoms. The first kappa shape index (κ1) is 11.5. The third-order valence-corrected chi connectivity index (χ3v) is 3.55. The molecule has 1 fully saturated rings. The van der Waals surface area contributed by atoms with Crippen molar-refractivity contribution in [1.29, 1.82) is 5.26 Å². The van der Waals surface area contributed by atoms with Crippen LogP contribution in [0.3, 0.4) is 0 Å². The molecule has 86 valence electrons. The fraction of sp³-hybridized carbons (Fsp3) is 0.636. The Hall–Kier alpha value is -0.990. The summed E-state index contributed by atoms with van der Waals surface area (Å²) in [5, 5.41) is 9.47. The highest BCUT2D eigenvalue weighted by molar-refractivity contribution is 7.99. The van der Waals surface area contributed by atoms with E-state index in [-0.39, 0.29) is 0 Å². The van der Waals surface area contributed by atoms with E-state index in [0.29, 0.717) is 12.5 Å². The smallest absolute Gasteiger partial charge is 0.168 e. The molecule has 1 aromatic heterocycles. The van der Waals surface area contributed by atoms with Crippen molar-refractivity contribution in [3.8, 4) is 6.07 Å². The van der Waals surface area contributed by atoms with E-state index in [0.717, 1.165) is 36.9 Å².